The first-order valence-electron chi connectivity index (χ1n) is 8.81. The Kier molecular flexibility index (Phi) is 4.09. The number of rotatable bonds is 5. The van der Waals surface area contributed by atoms with Crippen molar-refractivity contribution in [3.05, 3.63) is 107 Å². The standard InChI is InChI=1S/C23H21NO2/c1-16-10-8-9-15-19(16)23(17-11-4-2-5-12-17,18-13-6-3-7-14-18)21-20(24-21)22(25)26/h2-15,20-21,24H,1H3,(H,25,26)/t20-,21+/m0/s1. The molecule has 1 heterocycles. The van der Waals surface area contributed by atoms with Crippen molar-refractivity contribution in [1.29, 1.82) is 0 Å². The van der Waals surface area contributed by atoms with E-state index in [1.54, 1.807) is 0 Å². The van der Waals surface area contributed by atoms with Crippen LogP contribution in [0.3, 0.4) is 0 Å². The second-order valence-electron chi connectivity index (χ2n) is 6.82. The summed E-state index contributed by atoms with van der Waals surface area (Å²) in [5.74, 6) is -0.806. The number of hydrogen-bond donors (Lipinski definition) is 2. The lowest BCUT2D eigenvalue weighted by atomic mass is 9.65. The predicted molar refractivity (Wildman–Crippen MR) is 102 cm³/mol. The van der Waals surface area contributed by atoms with Gasteiger partial charge in [0.05, 0.1) is 11.5 Å². The molecule has 0 radical (unpaired) electrons. The highest BCUT2D eigenvalue weighted by Gasteiger charge is 2.58. The van der Waals surface area contributed by atoms with Gasteiger partial charge in [-0.25, -0.2) is 0 Å². The maximum atomic E-state index is 11.7. The summed E-state index contributed by atoms with van der Waals surface area (Å²) in [5, 5.41) is 12.9. The van der Waals surface area contributed by atoms with Gasteiger partial charge in [0.15, 0.2) is 0 Å². The molecule has 4 rings (SSSR count). The van der Waals surface area contributed by atoms with Crippen LogP contribution in [0.15, 0.2) is 84.9 Å². The molecular formula is C23H21NO2. The number of aliphatic carboxylic acids is 1. The van der Waals surface area contributed by atoms with Crippen LogP contribution in [0.4, 0.5) is 0 Å². The van der Waals surface area contributed by atoms with Crippen LogP contribution < -0.4 is 5.32 Å². The van der Waals surface area contributed by atoms with E-state index in [9.17, 15) is 9.90 Å². The fourth-order valence-electron chi connectivity index (χ4n) is 4.15. The topological polar surface area (TPSA) is 59.2 Å². The zero-order chi connectivity index (χ0) is 18.1. The number of nitrogens with one attached hydrogen (secondary N) is 1. The molecule has 130 valence electrons. The zero-order valence-corrected chi connectivity index (χ0v) is 14.6. The molecule has 3 nitrogen and oxygen atoms in total. The molecule has 2 atom stereocenters. The fourth-order valence-corrected chi connectivity index (χ4v) is 4.15. The predicted octanol–water partition coefficient (Wildman–Crippen LogP) is 3.75. The number of carboxylic acids is 1. The molecule has 0 aromatic heterocycles. The van der Waals surface area contributed by atoms with Gasteiger partial charge in [0.2, 0.25) is 0 Å². The van der Waals surface area contributed by atoms with Crippen LogP contribution in [0.5, 0.6) is 0 Å². The van der Waals surface area contributed by atoms with Gasteiger partial charge in [-0.2, -0.15) is 0 Å². The average molecular weight is 343 g/mol. The first kappa shape index (κ1) is 16.6. The number of benzene rings is 3. The second kappa shape index (κ2) is 6.43. The first-order valence-corrected chi connectivity index (χ1v) is 8.81. The van der Waals surface area contributed by atoms with Gasteiger partial charge >= 0.3 is 5.97 Å². The summed E-state index contributed by atoms with van der Waals surface area (Å²) in [6, 6.07) is 27.9. The molecule has 0 bridgehead atoms. The van der Waals surface area contributed by atoms with E-state index in [0.29, 0.717) is 0 Å². The van der Waals surface area contributed by atoms with E-state index < -0.39 is 17.4 Å². The molecule has 0 spiro atoms. The van der Waals surface area contributed by atoms with Crippen molar-refractivity contribution >= 4 is 5.97 Å². The van der Waals surface area contributed by atoms with E-state index in [1.807, 2.05) is 48.5 Å². The van der Waals surface area contributed by atoms with Gasteiger partial charge in [0.25, 0.3) is 0 Å². The number of carbonyl (C=O) groups is 1. The van der Waals surface area contributed by atoms with Crippen LogP contribution in [0, 0.1) is 6.92 Å². The van der Waals surface area contributed by atoms with E-state index in [4.69, 9.17) is 0 Å². The van der Waals surface area contributed by atoms with Crippen molar-refractivity contribution in [2.75, 3.05) is 0 Å². The Morgan fingerprint density at radius 3 is 1.81 bits per heavy atom. The summed E-state index contributed by atoms with van der Waals surface area (Å²) in [6.07, 6.45) is 0. The highest BCUT2D eigenvalue weighted by molar-refractivity contribution is 5.80. The van der Waals surface area contributed by atoms with Crippen molar-refractivity contribution in [3.63, 3.8) is 0 Å². The van der Waals surface area contributed by atoms with Crippen LogP contribution in [-0.2, 0) is 10.2 Å². The molecule has 3 heteroatoms. The van der Waals surface area contributed by atoms with Crippen LogP contribution in [0.25, 0.3) is 0 Å². The maximum absolute atomic E-state index is 11.7. The summed E-state index contributed by atoms with van der Waals surface area (Å²) in [7, 11) is 0. The molecule has 0 amide bonds. The summed E-state index contributed by atoms with van der Waals surface area (Å²) >= 11 is 0. The van der Waals surface area contributed by atoms with Gasteiger partial charge in [0.1, 0.15) is 6.04 Å². The second-order valence-corrected chi connectivity index (χ2v) is 6.82. The Labute approximate surface area is 153 Å². The molecule has 3 aromatic rings. The monoisotopic (exact) mass is 343 g/mol. The minimum atomic E-state index is -0.806. The van der Waals surface area contributed by atoms with Gasteiger partial charge in [-0.15, -0.1) is 0 Å². The third kappa shape index (κ3) is 2.52. The lowest BCUT2D eigenvalue weighted by molar-refractivity contribution is -0.136. The molecule has 0 saturated carbocycles. The Bertz CT molecular complexity index is 882. The minimum absolute atomic E-state index is 0.203. The number of hydrogen-bond acceptors (Lipinski definition) is 2. The van der Waals surface area contributed by atoms with Gasteiger partial charge < -0.3 is 5.11 Å². The molecule has 1 aliphatic rings. The van der Waals surface area contributed by atoms with E-state index in [-0.39, 0.29) is 6.04 Å². The van der Waals surface area contributed by atoms with Crippen LogP contribution in [0.2, 0.25) is 0 Å². The highest BCUT2D eigenvalue weighted by atomic mass is 16.4. The Morgan fingerprint density at radius 2 is 1.35 bits per heavy atom. The molecule has 2 N–H and O–H groups in total. The fraction of sp³-hybridized carbons (Fsp3) is 0.174. The minimum Gasteiger partial charge on any atom is -0.480 e. The first-order chi connectivity index (χ1) is 12.7. The van der Waals surface area contributed by atoms with Crippen LogP contribution in [0.1, 0.15) is 22.3 Å². The Balaban J connectivity index is 2.05. The molecule has 1 aliphatic heterocycles. The Morgan fingerprint density at radius 1 is 0.846 bits per heavy atom. The van der Waals surface area contributed by atoms with E-state index in [2.05, 4.69) is 48.6 Å². The summed E-state index contributed by atoms with van der Waals surface area (Å²) in [6.45, 7) is 2.09. The molecular weight excluding hydrogens is 322 g/mol. The van der Waals surface area contributed by atoms with Crippen LogP contribution in [-0.4, -0.2) is 23.2 Å². The molecule has 0 unspecified atom stereocenters. The average Bonchev–Trinajstić information content (AvgIpc) is 3.47. The lowest BCUT2D eigenvalue weighted by Gasteiger charge is -2.37. The molecule has 1 fully saturated rings. The quantitative estimate of drug-likeness (QED) is 0.548. The zero-order valence-electron chi connectivity index (χ0n) is 14.6. The van der Waals surface area contributed by atoms with E-state index >= 15 is 0 Å². The number of aryl methyl sites for hydroxylation is 1. The molecule has 0 aliphatic carbocycles. The smallest absolute Gasteiger partial charge is 0.322 e. The van der Waals surface area contributed by atoms with E-state index in [1.165, 1.54) is 0 Å². The van der Waals surface area contributed by atoms with Gasteiger partial charge in [-0.1, -0.05) is 84.9 Å². The lowest BCUT2D eigenvalue weighted by Crippen LogP contribution is -2.39. The normalized spacial score (nSPS) is 19.1. The van der Waals surface area contributed by atoms with Gasteiger partial charge in [-0.05, 0) is 29.2 Å². The Hall–Kier alpha value is -2.91. The van der Waals surface area contributed by atoms with Gasteiger partial charge in [-0.3, -0.25) is 10.1 Å². The maximum Gasteiger partial charge on any atom is 0.322 e. The van der Waals surface area contributed by atoms with Crippen molar-refractivity contribution in [3.8, 4) is 0 Å². The van der Waals surface area contributed by atoms with Crippen molar-refractivity contribution in [1.82, 2.24) is 5.32 Å². The van der Waals surface area contributed by atoms with Gasteiger partial charge in [0, 0.05) is 0 Å². The number of carboxylic acid groups (broad SMARTS) is 1. The van der Waals surface area contributed by atoms with Crippen molar-refractivity contribution < 1.29 is 9.90 Å². The van der Waals surface area contributed by atoms with Crippen LogP contribution >= 0.6 is 0 Å². The molecule has 26 heavy (non-hydrogen) atoms. The third-order valence-corrected chi connectivity index (χ3v) is 5.34. The third-order valence-electron chi connectivity index (χ3n) is 5.34. The molecule has 1 saturated heterocycles. The highest BCUT2D eigenvalue weighted by Crippen LogP contribution is 2.48. The van der Waals surface area contributed by atoms with E-state index in [0.717, 1.165) is 22.3 Å². The molecule has 3 aromatic carbocycles. The van der Waals surface area contributed by atoms with Crippen molar-refractivity contribution in [2.45, 2.75) is 24.4 Å². The van der Waals surface area contributed by atoms with Crippen molar-refractivity contribution in [2.24, 2.45) is 0 Å². The SMILES string of the molecule is Cc1ccccc1C(c1ccccc1)(c1ccccc1)[C@@H]1N[C@@H]1C(=O)O. The summed E-state index contributed by atoms with van der Waals surface area (Å²) in [4.78, 5) is 11.7. The summed E-state index contributed by atoms with van der Waals surface area (Å²) < 4.78 is 0. The summed E-state index contributed by atoms with van der Waals surface area (Å²) in [5.41, 5.74) is 3.93. The largest absolute Gasteiger partial charge is 0.480 e.